The van der Waals surface area contributed by atoms with Crippen molar-refractivity contribution in [3.63, 3.8) is 0 Å². The van der Waals surface area contributed by atoms with Crippen LogP contribution in [0.3, 0.4) is 0 Å². The first-order valence-electron chi connectivity index (χ1n) is 7.09. The van der Waals surface area contributed by atoms with E-state index in [4.69, 9.17) is 4.74 Å². The van der Waals surface area contributed by atoms with Crippen LogP contribution in [0.4, 0.5) is 0 Å². The first kappa shape index (κ1) is 16.1. The van der Waals surface area contributed by atoms with E-state index in [0.717, 1.165) is 12.8 Å². The van der Waals surface area contributed by atoms with Gasteiger partial charge in [-0.1, -0.05) is 12.1 Å². The molecule has 0 unspecified atom stereocenters. The Morgan fingerprint density at radius 1 is 1.38 bits per heavy atom. The number of aryl methyl sites for hydroxylation is 1. The summed E-state index contributed by atoms with van der Waals surface area (Å²) in [6.45, 7) is 2.55. The lowest BCUT2D eigenvalue weighted by molar-refractivity contribution is 0.0967. The van der Waals surface area contributed by atoms with E-state index < -0.39 is 10.0 Å². The summed E-state index contributed by atoms with van der Waals surface area (Å²) in [6, 6.07) is 4.90. The van der Waals surface area contributed by atoms with Crippen LogP contribution in [0.15, 0.2) is 23.1 Å². The second-order valence-electron chi connectivity index (χ2n) is 5.36. The quantitative estimate of drug-likeness (QED) is 0.588. The minimum atomic E-state index is -3.59. The zero-order valence-corrected chi connectivity index (χ0v) is 13.2. The monoisotopic (exact) mass is 311 g/mol. The summed E-state index contributed by atoms with van der Waals surface area (Å²) >= 11 is 0. The van der Waals surface area contributed by atoms with E-state index >= 15 is 0 Å². The predicted octanol–water partition coefficient (Wildman–Crippen LogP) is 1.90. The maximum Gasteiger partial charge on any atom is 0.240 e. The number of Topliss-reactive ketones (excluding diaryl/α,β-unsaturated/α-hetero) is 1. The third-order valence-corrected chi connectivity index (χ3v) is 5.13. The van der Waals surface area contributed by atoms with Crippen molar-refractivity contribution in [1.29, 1.82) is 0 Å². The number of nitrogens with one attached hydrogen (secondary N) is 1. The Hall–Kier alpha value is -1.24. The average Bonchev–Trinajstić information content (AvgIpc) is 3.28. The van der Waals surface area contributed by atoms with Gasteiger partial charge in [-0.15, -0.1) is 0 Å². The normalized spacial score (nSPS) is 15.1. The van der Waals surface area contributed by atoms with Gasteiger partial charge < -0.3 is 4.74 Å². The summed E-state index contributed by atoms with van der Waals surface area (Å²) in [4.78, 5) is 12.3. The van der Waals surface area contributed by atoms with Gasteiger partial charge in [-0.05, 0) is 37.8 Å². The molecule has 1 fully saturated rings. The molecular weight excluding hydrogens is 290 g/mol. The Morgan fingerprint density at radius 3 is 2.71 bits per heavy atom. The molecule has 0 radical (unpaired) electrons. The van der Waals surface area contributed by atoms with Crippen molar-refractivity contribution in [3.05, 3.63) is 29.3 Å². The molecule has 1 saturated carbocycles. The van der Waals surface area contributed by atoms with Gasteiger partial charge in [-0.3, -0.25) is 4.79 Å². The molecule has 0 aromatic heterocycles. The van der Waals surface area contributed by atoms with Crippen LogP contribution < -0.4 is 4.72 Å². The molecule has 0 amide bonds. The minimum absolute atomic E-state index is 0.0471. The molecule has 1 aromatic carbocycles. The fourth-order valence-corrected chi connectivity index (χ4v) is 3.47. The third-order valence-electron chi connectivity index (χ3n) is 3.53. The molecule has 1 aliphatic carbocycles. The Kier molecular flexibility index (Phi) is 5.13. The number of benzene rings is 1. The van der Waals surface area contributed by atoms with Crippen molar-refractivity contribution < 1.29 is 17.9 Å². The fourth-order valence-electron chi connectivity index (χ4n) is 2.12. The Balaban J connectivity index is 2.16. The number of rotatable bonds is 8. The molecule has 1 aromatic rings. The van der Waals surface area contributed by atoms with Gasteiger partial charge in [0.2, 0.25) is 10.0 Å². The van der Waals surface area contributed by atoms with Crippen molar-refractivity contribution in [2.75, 3.05) is 20.3 Å². The molecule has 21 heavy (non-hydrogen) atoms. The molecule has 1 aliphatic rings. The Morgan fingerprint density at radius 2 is 2.10 bits per heavy atom. The molecule has 116 valence electrons. The summed E-state index contributed by atoms with van der Waals surface area (Å²) in [5.74, 6) is 0.128. The maximum absolute atomic E-state index is 12.3. The number of ether oxygens (including phenoxy) is 1. The highest BCUT2D eigenvalue weighted by molar-refractivity contribution is 7.89. The van der Waals surface area contributed by atoms with E-state index in [-0.39, 0.29) is 16.6 Å². The maximum atomic E-state index is 12.3. The number of methoxy groups -OCH3 is 1. The zero-order valence-electron chi connectivity index (χ0n) is 12.4. The van der Waals surface area contributed by atoms with Gasteiger partial charge in [0.15, 0.2) is 5.78 Å². The van der Waals surface area contributed by atoms with Crippen LogP contribution in [-0.4, -0.2) is 34.5 Å². The van der Waals surface area contributed by atoms with Crippen molar-refractivity contribution in [2.24, 2.45) is 5.92 Å². The summed E-state index contributed by atoms with van der Waals surface area (Å²) in [5.41, 5.74) is 1.13. The summed E-state index contributed by atoms with van der Waals surface area (Å²) in [6.07, 6.45) is 2.42. The Bertz CT molecular complexity index is 621. The average molecular weight is 311 g/mol. The molecule has 0 spiro atoms. The van der Waals surface area contributed by atoms with Crippen LogP contribution in [0, 0.1) is 12.8 Å². The van der Waals surface area contributed by atoms with Crippen LogP contribution in [-0.2, 0) is 14.8 Å². The van der Waals surface area contributed by atoms with Crippen molar-refractivity contribution in [3.8, 4) is 0 Å². The molecule has 0 atom stereocenters. The molecule has 1 N–H and O–H groups in total. The number of carbonyl (C=O) groups is 1. The van der Waals surface area contributed by atoms with E-state index in [1.807, 2.05) is 0 Å². The molecule has 5 nitrogen and oxygen atoms in total. The topological polar surface area (TPSA) is 72.5 Å². The smallest absolute Gasteiger partial charge is 0.240 e. The molecule has 2 rings (SSSR count). The fraction of sp³-hybridized carbons (Fsp3) is 0.533. The van der Waals surface area contributed by atoms with Gasteiger partial charge in [0.1, 0.15) is 0 Å². The largest absolute Gasteiger partial charge is 0.385 e. The predicted molar refractivity (Wildman–Crippen MR) is 79.9 cm³/mol. The number of carbonyl (C=O) groups excluding carboxylic acids is 1. The van der Waals surface area contributed by atoms with Crippen molar-refractivity contribution in [2.45, 2.75) is 31.1 Å². The number of hydrogen-bond acceptors (Lipinski definition) is 4. The Labute approximate surface area is 125 Å². The summed E-state index contributed by atoms with van der Waals surface area (Å²) < 4.78 is 32.1. The third kappa shape index (κ3) is 4.12. The van der Waals surface area contributed by atoms with E-state index in [1.165, 1.54) is 6.07 Å². The lowest BCUT2D eigenvalue weighted by Gasteiger charge is -2.10. The SMILES string of the molecule is COCCCNS(=O)(=O)c1cc(C(=O)C2CC2)ccc1C. The molecule has 6 heteroatoms. The lowest BCUT2D eigenvalue weighted by Crippen LogP contribution is -2.26. The van der Waals surface area contributed by atoms with Gasteiger partial charge in [0.05, 0.1) is 4.90 Å². The standard InChI is InChI=1S/C15H21NO4S/c1-11-4-5-13(15(17)12-6-7-12)10-14(11)21(18,19)16-8-3-9-20-2/h4-5,10,12,16H,3,6-9H2,1-2H3. The lowest BCUT2D eigenvalue weighted by atomic mass is 10.1. The number of hydrogen-bond donors (Lipinski definition) is 1. The highest BCUT2D eigenvalue weighted by Gasteiger charge is 2.31. The highest BCUT2D eigenvalue weighted by atomic mass is 32.2. The summed E-state index contributed by atoms with van der Waals surface area (Å²) in [7, 11) is -2.02. The molecule has 0 bridgehead atoms. The minimum Gasteiger partial charge on any atom is -0.385 e. The molecule has 0 aliphatic heterocycles. The van der Waals surface area contributed by atoms with E-state index in [9.17, 15) is 13.2 Å². The van der Waals surface area contributed by atoms with Crippen molar-refractivity contribution >= 4 is 15.8 Å². The van der Waals surface area contributed by atoms with E-state index in [0.29, 0.717) is 30.7 Å². The van der Waals surface area contributed by atoms with Crippen LogP contribution in [0.2, 0.25) is 0 Å². The van der Waals surface area contributed by atoms with Crippen molar-refractivity contribution in [1.82, 2.24) is 4.72 Å². The zero-order chi connectivity index (χ0) is 15.5. The van der Waals surface area contributed by atoms with Crippen LogP contribution in [0.5, 0.6) is 0 Å². The van der Waals surface area contributed by atoms with Gasteiger partial charge in [-0.25, -0.2) is 13.1 Å². The second-order valence-corrected chi connectivity index (χ2v) is 7.10. The second kappa shape index (κ2) is 6.68. The van der Waals surface area contributed by atoms with Gasteiger partial charge >= 0.3 is 0 Å². The number of sulfonamides is 1. The highest BCUT2D eigenvalue weighted by Crippen LogP contribution is 2.33. The molecular formula is C15H21NO4S. The van der Waals surface area contributed by atoms with Gasteiger partial charge in [0.25, 0.3) is 0 Å². The van der Waals surface area contributed by atoms with E-state index in [2.05, 4.69) is 4.72 Å². The molecule has 0 saturated heterocycles. The van der Waals surface area contributed by atoms with Crippen LogP contribution in [0.1, 0.15) is 35.2 Å². The molecule has 0 heterocycles. The van der Waals surface area contributed by atoms with Gasteiger partial charge in [-0.2, -0.15) is 0 Å². The first-order valence-corrected chi connectivity index (χ1v) is 8.57. The van der Waals surface area contributed by atoms with Crippen LogP contribution >= 0.6 is 0 Å². The summed E-state index contributed by atoms with van der Waals surface area (Å²) in [5, 5.41) is 0. The van der Waals surface area contributed by atoms with E-state index in [1.54, 1.807) is 26.2 Å². The van der Waals surface area contributed by atoms with Crippen LogP contribution in [0.25, 0.3) is 0 Å². The van der Waals surface area contributed by atoms with Gasteiger partial charge in [0, 0.05) is 31.7 Å². The number of ketones is 1. The first-order chi connectivity index (χ1) is 9.95.